The smallest absolute Gasteiger partial charge is 0.258 e. The first-order valence-corrected chi connectivity index (χ1v) is 16.7. The van der Waals surface area contributed by atoms with E-state index in [0.717, 1.165) is 59.6 Å². The van der Waals surface area contributed by atoms with Gasteiger partial charge < -0.3 is 20.3 Å². The first kappa shape index (κ1) is 31.9. The van der Waals surface area contributed by atoms with Gasteiger partial charge in [0.15, 0.2) is 5.67 Å². The number of aromatic nitrogens is 2. The summed E-state index contributed by atoms with van der Waals surface area (Å²) in [6, 6.07) is 14.7. The molecule has 2 N–H and O–H groups in total. The zero-order valence-corrected chi connectivity index (χ0v) is 27.7. The van der Waals surface area contributed by atoms with Crippen molar-refractivity contribution in [3.8, 4) is 11.3 Å². The molecule has 2 amide bonds. The molecule has 2 aliphatic carbocycles. The summed E-state index contributed by atoms with van der Waals surface area (Å²) in [5.74, 6) is -0.511. The molecule has 2 saturated carbocycles. The van der Waals surface area contributed by atoms with Crippen LogP contribution in [-0.2, 0) is 21.4 Å². The molecule has 4 fully saturated rings. The number of aryl methyl sites for hydroxylation is 2. The molecule has 2 aromatic carbocycles. The first-order chi connectivity index (χ1) is 23.2. The lowest BCUT2D eigenvalue weighted by molar-refractivity contribution is -0.131. The molecule has 4 atom stereocenters. The predicted octanol–water partition coefficient (Wildman–Crippen LogP) is 5.06. The van der Waals surface area contributed by atoms with Crippen molar-refractivity contribution in [2.24, 2.45) is 23.0 Å². The Bertz CT molecular complexity index is 1770. The van der Waals surface area contributed by atoms with Crippen molar-refractivity contribution in [1.82, 2.24) is 20.0 Å². The highest BCUT2D eigenvalue weighted by Crippen LogP contribution is 2.46. The summed E-state index contributed by atoms with van der Waals surface area (Å²) >= 11 is 0. The third-order valence-corrected chi connectivity index (χ3v) is 10.1. The molecule has 2 saturated heterocycles. The highest BCUT2D eigenvalue weighted by molar-refractivity contribution is 6.01. The van der Waals surface area contributed by atoms with Crippen LogP contribution in [0.15, 0.2) is 70.8 Å². The normalized spacial score (nSPS) is 22.7. The van der Waals surface area contributed by atoms with E-state index in [1.165, 1.54) is 0 Å². The number of amidine groups is 1. The fourth-order valence-corrected chi connectivity index (χ4v) is 7.22. The van der Waals surface area contributed by atoms with Gasteiger partial charge >= 0.3 is 0 Å². The van der Waals surface area contributed by atoms with Crippen molar-refractivity contribution < 1.29 is 18.7 Å². The summed E-state index contributed by atoms with van der Waals surface area (Å²) in [7, 11) is 3.66. The summed E-state index contributed by atoms with van der Waals surface area (Å²) in [5, 5.41) is 10.2. The number of hydrogen-bond donors (Lipinski definition) is 2. The fourth-order valence-electron chi connectivity index (χ4n) is 7.22. The fraction of sp³-hybridized carbons (Fsp3) is 0.432. The number of hydrogen-bond acceptors (Lipinski definition) is 6. The number of carbonyl (C=O) groups excluding carboxylic acids is 2. The van der Waals surface area contributed by atoms with Gasteiger partial charge in [0.1, 0.15) is 11.9 Å². The molecule has 3 aromatic rings. The van der Waals surface area contributed by atoms with Gasteiger partial charge in [0.2, 0.25) is 5.91 Å². The van der Waals surface area contributed by atoms with Crippen LogP contribution in [0.3, 0.4) is 0 Å². The molecule has 11 heteroatoms. The lowest BCUT2D eigenvalue weighted by Gasteiger charge is -2.29. The van der Waals surface area contributed by atoms with Crippen LogP contribution in [0.1, 0.15) is 54.7 Å². The molecule has 2 bridgehead atoms. The number of likely N-dealkylation sites (tertiary alicyclic amines) is 1. The first-order valence-electron chi connectivity index (χ1n) is 16.7. The van der Waals surface area contributed by atoms with Gasteiger partial charge in [-0.3, -0.25) is 24.3 Å². The summed E-state index contributed by atoms with van der Waals surface area (Å²) in [6.45, 7) is 7.34. The molecule has 0 unspecified atom stereocenters. The minimum Gasteiger partial charge on any atom is -0.374 e. The topological polar surface area (TPSA) is 113 Å². The highest BCUT2D eigenvalue weighted by Gasteiger charge is 2.53. The number of nitrogens with zero attached hydrogens (tertiary/aromatic N) is 5. The number of fused-ring (bicyclic) bond motifs is 2. The number of morpholine rings is 1. The average molecular weight is 652 g/mol. The molecule has 1 aromatic heterocycles. The van der Waals surface area contributed by atoms with Gasteiger partial charge in [-0.25, -0.2) is 4.39 Å². The maximum absolute atomic E-state index is 15.0. The number of alkyl halides is 1. The van der Waals surface area contributed by atoms with Crippen LogP contribution in [0, 0.1) is 12.8 Å². The number of amides is 2. The number of ether oxygens (including phenoxy) is 1. The van der Waals surface area contributed by atoms with Gasteiger partial charge in [-0.2, -0.15) is 5.10 Å². The Morgan fingerprint density at radius 3 is 2.54 bits per heavy atom. The van der Waals surface area contributed by atoms with Gasteiger partial charge in [-0.05, 0) is 81.0 Å². The number of aliphatic imine (C=N–C) groups is 2. The Morgan fingerprint density at radius 2 is 1.96 bits per heavy atom. The monoisotopic (exact) mass is 651 g/mol. The van der Waals surface area contributed by atoms with Crippen molar-refractivity contribution >= 4 is 35.8 Å². The number of anilines is 1. The third kappa shape index (κ3) is 6.31. The molecule has 0 spiro atoms. The van der Waals surface area contributed by atoms with E-state index in [1.807, 2.05) is 79.5 Å². The Morgan fingerprint density at radius 1 is 1.19 bits per heavy atom. The maximum atomic E-state index is 15.0. The molecule has 4 aliphatic rings. The van der Waals surface area contributed by atoms with Gasteiger partial charge in [0, 0.05) is 49.4 Å². The van der Waals surface area contributed by atoms with Gasteiger partial charge in [0.25, 0.3) is 5.91 Å². The zero-order chi connectivity index (χ0) is 33.6. The van der Waals surface area contributed by atoms with E-state index in [1.54, 1.807) is 7.05 Å². The lowest BCUT2D eigenvalue weighted by Crippen LogP contribution is -2.51. The van der Waals surface area contributed by atoms with Gasteiger partial charge in [-0.15, -0.1) is 0 Å². The van der Waals surface area contributed by atoms with Crippen molar-refractivity contribution in [3.05, 3.63) is 77.5 Å². The zero-order valence-electron chi connectivity index (χ0n) is 27.7. The number of carbonyl (C=O) groups is 2. The summed E-state index contributed by atoms with van der Waals surface area (Å²) in [5.41, 5.74) is 4.03. The van der Waals surface area contributed by atoms with Crippen molar-refractivity contribution in [3.63, 3.8) is 0 Å². The average Bonchev–Trinajstić information content (AvgIpc) is 3.95. The lowest BCUT2D eigenvalue weighted by atomic mass is 9.85. The summed E-state index contributed by atoms with van der Waals surface area (Å²) < 4.78 is 22.6. The Kier molecular flexibility index (Phi) is 8.49. The maximum Gasteiger partial charge on any atom is 0.258 e. The minimum absolute atomic E-state index is 0.151. The highest BCUT2D eigenvalue weighted by atomic mass is 19.1. The van der Waals surface area contributed by atoms with Crippen LogP contribution < -0.4 is 10.6 Å². The van der Waals surface area contributed by atoms with Crippen LogP contribution >= 0.6 is 0 Å². The molecule has 0 radical (unpaired) electrons. The van der Waals surface area contributed by atoms with E-state index in [-0.39, 0.29) is 36.7 Å². The number of nitrogens with one attached hydrogen (secondary N) is 2. The number of rotatable bonds is 11. The van der Waals surface area contributed by atoms with E-state index >= 15 is 4.39 Å². The standard InChI is InChI=1S/C37H42FN7O3/c1-22-19-41-44(4)34(22)24-10-12-27(13-11-24)42-35(46)33(43-36(47)37(38)14-15-37)32(23-8-9-23)26-7-5-6-25(16-26)30(39-2)18-31(40-3)45-20-29-17-28(45)21-48-29/h5-7,10-13,16,18-19,23,28-29,32-33H,2,8-9,14-15,17,20-21H2,1,3-4H3,(H,42,46)(H,43,47)/b30-18-,40-31?/t28-,29-,32+,33-/m0/s1. The second-order valence-electron chi connectivity index (χ2n) is 13.5. The SMILES string of the molecule is C=N/C(=C\C(=NC)N1C[C@@H]2C[C@H]1CO2)c1cccc([C@@H](C2CC2)[C@H](NC(=O)C2(F)CC2)C(=O)Nc2ccc(-c3c(C)cnn3C)cc2)c1. The number of halogens is 1. The van der Waals surface area contributed by atoms with E-state index in [2.05, 4.69) is 37.3 Å². The van der Waals surface area contributed by atoms with Crippen LogP contribution in [0.2, 0.25) is 0 Å². The molecular formula is C37H42FN7O3. The van der Waals surface area contributed by atoms with Crippen molar-refractivity contribution in [2.45, 2.75) is 68.8 Å². The third-order valence-electron chi connectivity index (χ3n) is 10.1. The Labute approximate surface area is 280 Å². The van der Waals surface area contributed by atoms with Crippen LogP contribution in [-0.4, -0.2) is 83.1 Å². The second kappa shape index (κ2) is 12.8. The van der Waals surface area contributed by atoms with Crippen molar-refractivity contribution in [2.75, 3.05) is 25.5 Å². The quantitative estimate of drug-likeness (QED) is 0.223. The number of benzene rings is 2. The van der Waals surface area contributed by atoms with Crippen LogP contribution in [0.5, 0.6) is 0 Å². The van der Waals surface area contributed by atoms with E-state index in [0.29, 0.717) is 24.0 Å². The second-order valence-corrected chi connectivity index (χ2v) is 13.5. The Hall–Kier alpha value is -4.64. The van der Waals surface area contributed by atoms with E-state index in [9.17, 15) is 9.59 Å². The van der Waals surface area contributed by atoms with E-state index in [4.69, 9.17) is 4.74 Å². The minimum atomic E-state index is -1.92. The largest absolute Gasteiger partial charge is 0.374 e. The summed E-state index contributed by atoms with van der Waals surface area (Å²) in [6.07, 6.45) is 7.12. The van der Waals surface area contributed by atoms with Gasteiger partial charge in [0.05, 0.1) is 36.3 Å². The van der Waals surface area contributed by atoms with Crippen LogP contribution in [0.4, 0.5) is 10.1 Å². The van der Waals surface area contributed by atoms with E-state index < -0.39 is 17.6 Å². The Balaban J connectivity index is 1.17. The molecule has 48 heavy (non-hydrogen) atoms. The predicted molar refractivity (Wildman–Crippen MR) is 185 cm³/mol. The molecule has 10 nitrogen and oxygen atoms in total. The molecule has 3 heterocycles. The molecule has 250 valence electrons. The van der Waals surface area contributed by atoms with Gasteiger partial charge in [-0.1, -0.05) is 30.3 Å². The van der Waals surface area contributed by atoms with Crippen LogP contribution in [0.25, 0.3) is 17.0 Å². The molecule has 2 aliphatic heterocycles. The molecular weight excluding hydrogens is 609 g/mol. The van der Waals surface area contributed by atoms with Crippen molar-refractivity contribution in [1.29, 1.82) is 0 Å². The molecule has 7 rings (SSSR count). The summed E-state index contributed by atoms with van der Waals surface area (Å²) in [4.78, 5) is 38.4.